The van der Waals surface area contributed by atoms with E-state index in [1.807, 2.05) is 6.07 Å². The van der Waals surface area contributed by atoms with Crippen LogP contribution in [0, 0.1) is 11.7 Å². The quantitative estimate of drug-likeness (QED) is 0.634. The van der Waals surface area contributed by atoms with E-state index in [0.717, 1.165) is 37.3 Å². The first kappa shape index (κ1) is 14.4. The molecule has 1 aromatic carbocycles. The highest BCUT2D eigenvalue weighted by atomic mass is 32.1. The fourth-order valence-electron chi connectivity index (χ4n) is 3.43. The van der Waals surface area contributed by atoms with Gasteiger partial charge in [0, 0.05) is 47.5 Å². The fraction of sp³-hybridized carbons (Fsp3) is 0.294. The summed E-state index contributed by atoms with van der Waals surface area (Å²) in [6, 6.07) is 8.38. The molecule has 2 aromatic heterocycles. The molecule has 118 valence electrons. The summed E-state index contributed by atoms with van der Waals surface area (Å²) in [5.41, 5.74) is 5.44. The van der Waals surface area contributed by atoms with Gasteiger partial charge >= 0.3 is 0 Å². The summed E-state index contributed by atoms with van der Waals surface area (Å²) >= 11 is 5.09. The largest absolute Gasteiger partial charge is 0.358 e. The second-order valence-electron chi connectivity index (χ2n) is 6.10. The van der Waals surface area contributed by atoms with Gasteiger partial charge in [0.25, 0.3) is 5.56 Å². The van der Waals surface area contributed by atoms with Crippen LogP contribution in [0.5, 0.6) is 0 Å². The minimum atomic E-state index is -0.0494. The third-order valence-corrected chi connectivity index (χ3v) is 4.80. The summed E-state index contributed by atoms with van der Waals surface area (Å²) in [4.78, 5) is 23.6. The Hall–Kier alpha value is -2.18. The number of H-pyrrole nitrogens is 3. The van der Waals surface area contributed by atoms with Crippen molar-refractivity contribution in [2.24, 2.45) is 0 Å². The molecule has 0 radical (unpaired) electrons. The Kier molecular flexibility index (Phi) is 3.43. The molecular formula is C17H18N4OS. The lowest BCUT2D eigenvalue weighted by Gasteiger charge is -2.28. The monoisotopic (exact) mass is 326 g/mol. The summed E-state index contributed by atoms with van der Waals surface area (Å²) in [5, 5.41) is 1.27. The maximum atomic E-state index is 12.0. The molecule has 1 aliphatic heterocycles. The standard InChI is InChI=1S/C17H18N4OS/c1-10-13(11-4-2-3-5-14(11)18-10)8-21-7-6-12-15(9-21)19-17(23)20-16(12)22/h2-5,18H,6-9H2,1H3,(H2,19,20,22,23). The Morgan fingerprint density at radius 1 is 1.22 bits per heavy atom. The van der Waals surface area contributed by atoms with Crippen LogP contribution in [0.25, 0.3) is 10.9 Å². The third kappa shape index (κ3) is 2.54. The summed E-state index contributed by atoms with van der Waals surface area (Å²) in [7, 11) is 0. The van der Waals surface area contributed by atoms with Crippen LogP contribution < -0.4 is 5.56 Å². The number of para-hydroxylation sites is 1. The maximum absolute atomic E-state index is 12.0. The zero-order valence-corrected chi connectivity index (χ0v) is 13.7. The predicted molar refractivity (Wildman–Crippen MR) is 93.1 cm³/mol. The van der Waals surface area contributed by atoms with Gasteiger partial charge in [-0.1, -0.05) is 18.2 Å². The third-order valence-electron chi connectivity index (χ3n) is 4.60. The van der Waals surface area contributed by atoms with Crippen LogP contribution in [0.4, 0.5) is 0 Å². The average Bonchev–Trinajstić information content (AvgIpc) is 2.83. The highest BCUT2D eigenvalue weighted by Crippen LogP contribution is 2.25. The van der Waals surface area contributed by atoms with Crippen molar-refractivity contribution in [3.63, 3.8) is 0 Å². The molecular weight excluding hydrogens is 308 g/mol. The molecule has 0 fully saturated rings. The Morgan fingerprint density at radius 3 is 2.91 bits per heavy atom. The second-order valence-corrected chi connectivity index (χ2v) is 6.51. The molecule has 0 spiro atoms. The van der Waals surface area contributed by atoms with Gasteiger partial charge in [0.1, 0.15) is 0 Å². The summed E-state index contributed by atoms with van der Waals surface area (Å²) in [6.45, 7) is 4.58. The van der Waals surface area contributed by atoms with E-state index in [-0.39, 0.29) is 5.56 Å². The Morgan fingerprint density at radius 2 is 2.04 bits per heavy atom. The van der Waals surface area contributed by atoms with Gasteiger partial charge in [-0.2, -0.15) is 0 Å². The highest BCUT2D eigenvalue weighted by Gasteiger charge is 2.21. The molecule has 0 saturated heterocycles. The SMILES string of the molecule is Cc1[nH]c2ccccc2c1CN1CCc2c([nH]c(=S)[nH]c2=O)C1. The molecule has 0 saturated carbocycles. The first-order valence-electron chi connectivity index (χ1n) is 7.74. The van der Waals surface area contributed by atoms with Crippen LogP contribution in [0.3, 0.4) is 0 Å². The molecule has 3 N–H and O–H groups in total. The van der Waals surface area contributed by atoms with Gasteiger partial charge in [-0.25, -0.2) is 0 Å². The predicted octanol–water partition coefficient (Wildman–Crippen LogP) is 2.78. The topological polar surface area (TPSA) is 67.7 Å². The second kappa shape index (κ2) is 5.47. The van der Waals surface area contributed by atoms with Gasteiger partial charge in [0.15, 0.2) is 4.77 Å². The number of nitrogens with one attached hydrogen (secondary N) is 3. The molecule has 0 aliphatic carbocycles. The van der Waals surface area contributed by atoms with Crippen molar-refractivity contribution in [2.45, 2.75) is 26.4 Å². The Bertz CT molecular complexity index is 998. The van der Waals surface area contributed by atoms with Gasteiger partial charge in [-0.3, -0.25) is 14.7 Å². The smallest absolute Gasteiger partial charge is 0.255 e. The van der Waals surface area contributed by atoms with E-state index in [2.05, 4.69) is 45.0 Å². The average molecular weight is 326 g/mol. The van der Waals surface area contributed by atoms with E-state index in [0.29, 0.717) is 4.77 Å². The van der Waals surface area contributed by atoms with Gasteiger partial charge in [-0.15, -0.1) is 0 Å². The number of hydrogen-bond donors (Lipinski definition) is 3. The van der Waals surface area contributed by atoms with E-state index in [9.17, 15) is 4.79 Å². The van der Waals surface area contributed by atoms with Gasteiger partial charge in [0.2, 0.25) is 0 Å². The molecule has 1 aliphatic rings. The molecule has 6 heteroatoms. The number of benzene rings is 1. The van der Waals surface area contributed by atoms with Crippen molar-refractivity contribution in [3.05, 3.63) is 61.9 Å². The lowest BCUT2D eigenvalue weighted by atomic mass is 10.0. The molecule has 23 heavy (non-hydrogen) atoms. The maximum Gasteiger partial charge on any atom is 0.255 e. The number of aromatic amines is 3. The zero-order chi connectivity index (χ0) is 16.0. The first-order valence-corrected chi connectivity index (χ1v) is 8.15. The summed E-state index contributed by atoms with van der Waals surface area (Å²) in [6.07, 6.45) is 0.748. The lowest BCUT2D eigenvalue weighted by Crippen LogP contribution is -2.34. The first-order chi connectivity index (χ1) is 11.1. The van der Waals surface area contributed by atoms with Crippen LogP contribution in [-0.4, -0.2) is 26.4 Å². The minimum Gasteiger partial charge on any atom is -0.358 e. The highest BCUT2D eigenvalue weighted by molar-refractivity contribution is 7.71. The minimum absolute atomic E-state index is 0.0494. The number of rotatable bonds is 2. The molecule has 0 unspecified atom stereocenters. The van der Waals surface area contributed by atoms with Crippen molar-refractivity contribution in [1.82, 2.24) is 19.9 Å². The summed E-state index contributed by atoms with van der Waals surface area (Å²) < 4.78 is 0.402. The van der Waals surface area contributed by atoms with Crippen LogP contribution in [0.1, 0.15) is 22.5 Å². The van der Waals surface area contributed by atoms with E-state index < -0.39 is 0 Å². The van der Waals surface area contributed by atoms with Crippen molar-refractivity contribution in [2.75, 3.05) is 6.54 Å². The zero-order valence-electron chi connectivity index (χ0n) is 12.9. The van der Waals surface area contributed by atoms with E-state index in [1.165, 1.54) is 22.2 Å². The van der Waals surface area contributed by atoms with Crippen LogP contribution in [-0.2, 0) is 19.5 Å². The molecule has 0 bridgehead atoms. The fourth-order valence-corrected chi connectivity index (χ4v) is 3.64. The molecule has 0 atom stereocenters. The van der Waals surface area contributed by atoms with E-state index >= 15 is 0 Å². The van der Waals surface area contributed by atoms with Crippen molar-refractivity contribution in [3.8, 4) is 0 Å². The van der Waals surface area contributed by atoms with Crippen LogP contribution in [0.15, 0.2) is 29.1 Å². The van der Waals surface area contributed by atoms with Gasteiger partial charge < -0.3 is 9.97 Å². The van der Waals surface area contributed by atoms with Crippen LogP contribution in [0.2, 0.25) is 0 Å². The van der Waals surface area contributed by atoms with Crippen molar-refractivity contribution in [1.29, 1.82) is 0 Å². The van der Waals surface area contributed by atoms with Gasteiger partial charge in [-0.05, 0) is 37.2 Å². The number of fused-ring (bicyclic) bond motifs is 2. The number of nitrogens with zero attached hydrogens (tertiary/aromatic N) is 1. The molecule has 3 heterocycles. The van der Waals surface area contributed by atoms with Crippen LogP contribution >= 0.6 is 12.2 Å². The summed E-state index contributed by atoms with van der Waals surface area (Å²) in [5.74, 6) is 0. The molecule has 4 rings (SSSR count). The van der Waals surface area contributed by atoms with Crippen molar-refractivity contribution < 1.29 is 0 Å². The Balaban J connectivity index is 1.66. The molecule has 0 amide bonds. The van der Waals surface area contributed by atoms with Crippen molar-refractivity contribution >= 4 is 23.1 Å². The van der Waals surface area contributed by atoms with Gasteiger partial charge in [0.05, 0.1) is 0 Å². The van der Waals surface area contributed by atoms with E-state index in [4.69, 9.17) is 12.2 Å². The number of hydrogen-bond acceptors (Lipinski definition) is 3. The lowest BCUT2D eigenvalue weighted by molar-refractivity contribution is 0.240. The molecule has 3 aromatic rings. The van der Waals surface area contributed by atoms with E-state index in [1.54, 1.807) is 0 Å². The number of aromatic nitrogens is 3. The number of aryl methyl sites for hydroxylation is 1. The molecule has 5 nitrogen and oxygen atoms in total. The normalized spacial score (nSPS) is 15.0. The Labute approximate surface area is 138 Å².